The van der Waals surface area contributed by atoms with Gasteiger partial charge in [0.1, 0.15) is 0 Å². The lowest BCUT2D eigenvalue weighted by atomic mass is 10.4. The third kappa shape index (κ3) is 3.17. The van der Waals surface area contributed by atoms with Crippen molar-refractivity contribution in [2.24, 2.45) is 0 Å². The van der Waals surface area contributed by atoms with E-state index in [9.17, 15) is 4.21 Å². The Labute approximate surface area is 80.3 Å². The van der Waals surface area contributed by atoms with Gasteiger partial charge in [-0.25, -0.2) is 4.21 Å². The van der Waals surface area contributed by atoms with E-state index in [4.69, 9.17) is 4.55 Å². The molecule has 1 heterocycles. The van der Waals surface area contributed by atoms with E-state index in [2.05, 4.69) is 27.6 Å². The molecule has 0 amide bonds. The van der Waals surface area contributed by atoms with Crippen LogP contribution in [0.2, 0.25) is 0 Å². The lowest BCUT2D eigenvalue weighted by Gasteiger charge is -1.81. The van der Waals surface area contributed by atoms with Crippen molar-refractivity contribution in [3.63, 3.8) is 0 Å². The van der Waals surface area contributed by atoms with Crippen molar-refractivity contribution in [3.8, 4) is 0 Å². The standard InChI is InChI=1S/C6H6INO2S/c7-5-3-6(8-4-5)1-2-11(9)10/h1-4,8H,(H,9,10)/b2-1+. The smallest absolute Gasteiger partial charge is 0.179 e. The summed E-state index contributed by atoms with van der Waals surface area (Å²) in [5.41, 5.74) is 0.830. The molecule has 0 saturated carbocycles. The second-order valence-electron chi connectivity index (χ2n) is 1.85. The molecule has 0 bridgehead atoms. The Morgan fingerprint density at radius 3 is 2.91 bits per heavy atom. The predicted octanol–water partition coefficient (Wildman–Crippen LogP) is 1.81. The van der Waals surface area contributed by atoms with Gasteiger partial charge < -0.3 is 9.54 Å². The van der Waals surface area contributed by atoms with Crippen molar-refractivity contribution >= 4 is 39.7 Å². The van der Waals surface area contributed by atoms with Gasteiger partial charge in [-0.3, -0.25) is 0 Å². The van der Waals surface area contributed by atoms with Crippen LogP contribution in [0.4, 0.5) is 0 Å². The van der Waals surface area contributed by atoms with Gasteiger partial charge in [0.15, 0.2) is 11.1 Å². The molecule has 0 aromatic carbocycles. The number of nitrogens with one attached hydrogen (secondary N) is 1. The van der Waals surface area contributed by atoms with Gasteiger partial charge in [0.25, 0.3) is 0 Å². The fraction of sp³-hybridized carbons (Fsp3) is 0. The van der Waals surface area contributed by atoms with Gasteiger partial charge in [-0.05, 0) is 34.7 Å². The van der Waals surface area contributed by atoms with E-state index in [0.29, 0.717) is 0 Å². The number of H-pyrrole nitrogens is 1. The van der Waals surface area contributed by atoms with Crippen LogP contribution >= 0.6 is 22.6 Å². The van der Waals surface area contributed by atoms with Gasteiger partial charge in [-0.1, -0.05) is 0 Å². The zero-order valence-corrected chi connectivity index (χ0v) is 8.43. The lowest BCUT2D eigenvalue weighted by molar-refractivity contribution is 0.574. The third-order valence-electron chi connectivity index (χ3n) is 1.03. The van der Waals surface area contributed by atoms with E-state index in [-0.39, 0.29) is 0 Å². The van der Waals surface area contributed by atoms with Crippen molar-refractivity contribution < 1.29 is 8.76 Å². The van der Waals surface area contributed by atoms with E-state index in [0.717, 1.165) is 9.26 Å². The summed E-state index contributed by atoms with van der Waals surface area (Å²) in [5, 5.41) is 1.21. The number of rotatable bonds is 2. The molecule has 2 N–H and O–H groups in total. The van der Waals surface area contributed by atoms with Crippen LogP contribution in [-0.2, 0) is 11.1 Å². The van der Waals surface area contributed by atoms with Crippen LogP contribution in [0.3, 0.4) is 0 Å². The van der Waals surface area contributed by atoms with Gasteiger partial charge >= 0.3 is 0 Å². The molecule has 0 fully saturated rings. The summed E-state index contributed by atoms with van der Waals surface area (Å²) in [4.78, 5) is 2.92. The van der Waals surface area contributed by atoms with E-state index in [1.807, 2.05) is 12.3 Å². The molecule has 1 aromatic heterocycles. The first-order valence-electron chi connectivity index (χ1n) is 2.80. The van der Waals surface area contributed by atoms with Crippen LogP contribution in [0, 0.1) is 3.57 Å². The highest BCUT2D eigenvalue weighted by Crippen LogP contribution is 2.07. The maximum absolute atomic E-state index is 10.2. The van der Waals surface area contributed by atoms with Crippen LogP contribution in [-0.4, -0.2) is 13.7 Å². The molecule has 0 aliphatic rings. The zero-order valence-electron chi connectivity index (χ0n) is 5.45. The predicted molar refractivity (Wildman–Crippen MR) is 53.3 cm³/mol. The number of aromatic nitrogens is 1. The molecule has 1 unspecified atom stereocenters. The zero-order chi connectivity index (χ0) is 8.27. The van der Waals surface area contributed by atoms with Crippen molar-refractivity contribution in [1.29, 1.82) is 0 Å². The molecule has 1 rings (SSSR count). The SMILES string of the molecule is O=S(O)/C=C/c1cc(I)c[nH]1. The molecule has 0 saturated heterocycles. The first-order chi connectivity index (χ1) is 5.18. The first-order valence-corrected chi connectivity index (χ1v) is 5.05. The Hall–Kier alpha value is -0.140. The Morgan fingerprint density at radius 1 is 1.73 bits per heavy atom. The summed E-state index contributed by atoms with van der Waals surface area (Å²) in [7, 11) is 0. The molecule has 5 heteroatoms. The topological polar surface area (TPSA) is 53.1 Å². The minimum atomic E-state index is -1.86. The van der Waals surface area contributed by atoms with E-state index in [1.54, 1.807) is 6.08 Å². The van der Waals surface area contributed by atoms with Gasteiger partial charge in [-0.2, -0.15) is 0 Å². The lowest BCUT2D eigenvalue weighted by Crippen LogP contribution is -1.76. The Bertz CT molecular complexity index is 295. The molecule has 1 aromatic rings. The summed E-state index contributed by atoms with van der Waals surface area (Å²) in [6.45, 7) is 0. The largest absolute Gasteiger partial charge is 0.361 e. The average molecular weight is 283 g/mol. The molecule has 11 heavy (non-hydrogen) atoms. The van der Waals surface area contributed by atoms with Gasteiger partial charge in [0.05, 0.1) is 0 Å². The van der Waals surface area contributed by atoms with Crippen LogP contribution in [0.5, 0.6) is 0 Å². The molecule has 60 valence electrons. The summed E-state index contributed by atoms with van der Waals surface area (Å²) in [5.74, 6) is 0. The Balaban J connectivity index is 2.71. The Morgan fingerprint density at radius 2 is 2.45 bits per heavy atom. The quantitative estimate of drug-likeness (QED) is 0.642. The molecule has 0 radical (unpaired) electrons. The number of hydrogen-bond acceptors (Lipinski definition) is 1. The molecule has 1 atom stereocenters. The van der Waals surface area contributed by atoms with Crippen LogP contribution in [0.25, 0.3) is 6.08 Å². The van der Waals surface area contributed by atoms with Crippen LogP contribution in [0.1, 0.15) is 5.69 Å². The highest BCUT2D eigenvalue weighted by atomic mass is 127. The first kappa shape index (κ1) is 8.95. The second-order valence-corrected chi connectivity index (χ2v) is 3.92. The van der Waals surface area contributed by atoms with E-state index in [1.165, 1.54) is 5.41 Å². The van der Waals surface area contributed by atoms with Crippen molar-refractivity contribution in [2.45, 2.75) is 0 Å². The van der Waals surface area contributed by atoms with Crippen molar-refractivity contribution in [2.75, 3.05) is 0 Å². The summed E-state index contributed by atoms with van der Waals surface area (Å²) in [6, 6.07) is 1.88. The van der Waals surface area contributed by atoms with Gasteiger partial charge in [0.2, 0.25) is 0 Å². The van der Waals surface area contributed by atoms with Gasteiger partial charge in [0, 0.05) is 20.9 Å². The summed E-state index contributed by atoms with van der Waals surface area (Å²) < 4.78 is 19.7. The van der Waals surface area contributed by atoms with Crippen molar-refractivity contribution in [3.05, 3.63) is 26.9 Å². The fourth-order valence-electron chi connectivity index (χ4n) is 0.612. The molecule has 3 nitrogen and oxygen atoms in total. The normalized spacial score (nSPS) is 14.0. The molecular formula is C6H6INO2S. The highest BCUT2D eigenvalue weighted by Gasteiger charge is 1.90. The monoisotopic (exact) mass is 283 g/mol. The maximum Gasteiger partial charge on any atom is 0.179 e. The minimum absolute atomic E-state index is 0.830. The molecular weight excluding hydrogens is 277 g/mol. The van der Waals surface area contributed by atoms with Crippen molar-refractivity contribution in [1.82, 2.24) is 4.98 Å². The Kier molecular flexibility index (Phi) is 3.28. The van der Waals surface area contributed by atoms with Crippen LogP contribution < -0.4 is 0 Å². The minimum Gasteiger partial charge on any atom is -0.361 e. The summed E-state index contributed by atoms with van der Waals surface area (Å²) >= 11 is 0.294. The van der Waals surface area contributed by atoms with E-state index < -0.39 is 11.1 Å². The maximum atomic E-state index is 10.2. The van der Waals surface area contributed by atoms with E-state index >= 15 is 0 Å². The second kappa shape index (κ2) is 4.03. The molecule has 0 aliphatic carbocycles. The molecule has 0 aliphatic heterocycles. The number of halogens is 1. The molecule has 0 spiro atoms. The number of hydrogen-bond donors (Lipinski definition) is 2. The van der Waals surface area contributed by atoms with Gasteiger partial charge in [-0.15, -0.1) is 0 Å². The third-order valence-corrected chi connectivity index (χ3v) is 2.03. The number of aromatic amines is 1. The fourth-order valence-corrected chi connectivity index (χ4v) is 1.37. The average Bonchev–Trinajstić information content (AvgIpc) is 2.31. The van der Waals surface area contributed by atoms with Crippen LogP contribution in [0.15, 0.2) is 17.7 Å². The summed E-state index contributed by atoms with van der Waals surface area (Å²) in [6.07, 6.45) is 3.39. The highest BCUT2D eigenvalue weighted by molar-refractivity contribution is 14.1.